The molecule has 0 N–H and O–H groups in total. The summed E-state index contributed by atoms with van der Waals surface area (Å²) < 4.78 is 18.9. The van der Waals surface area contributed by atoms with Gasteiger partial charge in [-0.3, -0.25) is 4.90 Å². The van der Waals surface area contributed by atoms with Crippen LogP contribution in [0.3, 0.4) is 0 Å². The first-order valence-electron chi connectivity index (χ1n) is 15.2. The smallest absolute Gasteiger partial charge is 0.412 e. The normalized spacial score (nSPS) is 16.0. The fraction of sp³-hybridized carbons (Fsp3) is 0.308. The molecular formula is C39H41NO4. The van der Waals surface area contributed by atoms with E-state index in [1.807, 2.05) is 113 Å². The SMILES string of the molecule is CC1(C)COC(C)(C)N1C(=O)OCCCC(C#Cc1ccccc1)OC(c1ccccc1)(c1ccccc1)c1ccccc1. The van der Waals surface area contributed by atoms with Crippen LogP contribution in [0.2, 0.25) is 0 Å². The minimum atomic E-state index is -0.919. The van der Waals surface area contributed by atoms with E-state index in [-0.39, 0.29) is 12.7 Å². The van der Waals surface area contributed by atoms with Crippen LogP contribution in [-0.2, 0) is 19.8 Å². The Balaban J connectivity index is 1.46. The van der Waals surface area contributed by atoms with Crippen LogP contribution in [0.15, 0.2) is 121 Å². The standard InChI is InChI=1S/C39H41NO4/c1-37(2)30-43-38(3,4)40(37)36(41)42-29-17-26-35(28-27-31-18-9-5-10-19-31)44-39(32-20-11-6-12-21-32,33-22-13-7-14-23-33)34-24-15-8-16-25-34/h5-16,18-25,35H,17,26,29-30H2,1-4H3. The Labute approximate surface area is 261 Å². The summed E-state index contributed by atoms with van der Waals surface area (Å²) in [6.45, 7) is 8.46. The number of amides is 1. The van der Waals surface area contributed by atoms with Gasteiger partial charge in [-0.2, -0.15) is 0 Å². The van der Waals surface area contributed by atoms with Gasteiger partial charge in [-0.15, -0.1) is 0 Å². The minimum absolute atomic E-state index is 0.239. The van der Waals surface area contributed by atoms with Gasteiger partial charge >= 0.3 is 6.09 Å². The molecule has 44 heavy (non-hydrogen) atoms. The topological polar surface area (TPSA) is 48.0 Å². The highest BCUT2D eigenvalue weighted by Gasteiger charge is 2.49. The summed E-state index contributed by atoms with van der Waals surface area (Å²) in [6, 6.07) is 40.8. The Morgan fingerprint density at radius 3 is 1.73 bits per heavy atom. The number of benzene rings is 4. The van der Waals surface area contributed by atoms with Crippen molar-refractivity contribution in [3.05, 3.63) is 144 Å². The molecule has 1 fully saturated rings. The largest absolute Gasteiger partial charge is 0.449 e. The highest BCUT2D eigenvalue weighted by Crippen LogP contribution is 2.42. The van der Waals surface area contributed by atoms with Crippen LogP contribution in [0.5, 0.6) is 0 Å². The predicted molar refractivity (Wildman–Crippen MR) is 174 cm³/mol. The lowest BCUT2D eigenvalue weighted by Gasteiger charge is -2.38. The Bertz CT molecular complexity index is 1450. The van der Waals surface area contributed by atoms with Crippen molar-refractivity contribution in [2.24, 2.45) is 0 Å². The van der Waals surface area contributed by atoms with Gasteiger partial charge in [-0.05, 0) is 69.4 Å². The Morgan fingerprint density at radius 1 is 0.795 bits per heavy atom. The van der Waals surface area contributed by atoms with Gasteiger partial charge in [0.25, 0.3) is 0 Å². The third kappa shape index (κ3) is 6.89. The van der Waals surface area contributed by atoms with Crippen molar-refractivity contribution in [2.45, 2.75) is 63.5 Å². The van der Waals surface area contributed by atoms with Gasteiger partial charge < -0.3 is 14.2 Å². The van der Waals surface area contributed by atoms with E-state index in [0.717, 1.165) is 22.3 Å². The first-order valence-corrected chi connectivity index (χ1v) is 15.2. The summed E-state index contributed by atoms with van der Waals surface area (Å²) in [5, 5.41) is 0. The Kier molecular flexibility index (Phi) is 9.54. The zero-order valence-electron chi connectivity index (χ0n) is 26.0. The van der Waals surface area contributed by atoms with Crippen LogP contribution in [0.4, 0.5) is 4.79 Å². The maximum Gasteiger partial charge on any atom is 0.412 e. The van der Waals surface area contributed by atoms with E-state index in [1.165, 1.54) is 0 Å². The Morgan fingerprint density at radius 2 is 1.27 bits per heavy atom. The van der Waals surface area contributed by atoms with Crippen LogP contribution >= 0.6 is 0 Å². The van der Waals surface area contributed by atoms with Crippen molar-refractivity contribution in [1.29, 1.82) is 0 Å². The second kappa shape index (κ2) is 13.5. The number of ether oxygens (including phenoxy) is 3. The molecule has 1 atom stereocenters. The van der Waals surface area contributed by atoms with Crippen molar-refractivity contribution in [2.75, 3.05) is 13.2 Å². The van der Waals surface area contributed by atoms with Gasteiger partial charge in [0.05, 0.1) is 18.8 Å². The van der Waals surface area contributed by atoms with Gasteiger partial charge in [-0.1, -0.05) is 121 Å². The summed E-state index contributed by atoms with van der Waals surface area (Å²) in [4.78, 5) is 14.9. The van der Waals surface area contributed by atoms with E-state index in [2.05, 4.69) is 48.2 Å². The molecule has 1 unspecified atom stereocenters. The van der Waals surface area contributed by atoms with Crippen LogP contribution < -0.4 is 0 Å². The second-order valence-corrected chi connectivity index (χ2v) is 12.2. The molecule has 0 bridgehead atoms. The number of carbonyl (C=O) groups excluding carboxylic acids is 1. The zero-order chi connectivity index (χ0) is 31.0. The molecule has 226 valence electrons. The van der Waals surface area contributed by atoms with E-state index in [0.29, 0.717) is 19.4 Å². The first kappa shape index (κ1) is 31.1. The summed E-state index contributed by atoms with van der Waals surface area (Å²) in [5.41, 5.74) is 1.84. The van der Waals surface area contributed by atoms with E-state index >= 15 is 0 Å². The van der Waals surface area contributed by atoms with Crippen molar-refractivity contribution in [1.82, 2.24) is 4.90 Å². The van der Waals surface area contributed by atoms with Gasteiger partial charge in [-0.25, -0.2) is 4.79 Å². The second-order valence-electron chi connectivity index (χ2n) is 12.2. The molecule has 5 heteroatoms. The predicted octanol–water partition coefficient (Wildman–Crippen LogP) is 8.18. The summed E-state index contributed by atoms with van der Waals surface area (Å²) in [6.07, 6.45) is 0.282. The van der Waals surface area contributed by atoms with Gasteiger partial charge in [0, 0.05) is 5.56 Å². The highest BCUT2D eigenvalue weighted by molar-refractivity contribution is 5.70. The van der Waals surface area contributed by atoms with E-state index in [1.54, 1.807) is 4.90 Å². The van der Waals surface area contributed by atoms with Crippen molar-refractivity contribution in [3.63, 3.8) is 0 Å². The molecule has 0 spiro atoms. The van der Waals surface area contributed by atoms with E-state index < -0.39 is 23.0 Å². The number of carbonyl (C=O) groups is 1. The average molecular weight is 588 g/mol. The molecule has 1 aliphatic heterocycles. The number of nitrogens with zero attached hydrogens (tertiary/aromatic N) is 1. The first-order chi connectivity index (χ1) is 21.2. The van der Waals surface area contributed by atoms with Gasteiger partial charge in [0.15, 0.2) is 0 Å². The lowest BCUT2D eigenvalue weighted by Crippen LogP contribution is -2.52. The summed E-state index contributed by atoms with van der Waals surface area (Å²) in [7, 11) is 0. The molecule has 0 aliphatic carbocycles. The summed E-state index contributed by atoms with van der Waals surface area (Å²) >= 11 is 0. The average Bonchev–Trinajstić information content (AvgIpc) is 3.28. The molecule has 1 aliphatic rings. The van der Waals surface area contributed by atoms with Crippen LogP contribution in [-0.4, -0.2) is 41.6 Å². The fourth-order valence-corrected chi connectivity index (χ4v) is 5.95. The molecule has 1 heterocycles. The van der Waals surface area contributed by atoms with Crippen LogP contribution in [0.1, 0.15) is 62.8 Å². The zero-order valence-corrected chi connectivity index (χ0v) is 26.0. The monoisotopic (exact) mass is 587 g/mol. The third-order valence-electron chi connectivity index (χ3n) is 7.95. The van der Waals surface area contributed by atoms with E-state index in [4.69, 9.17) is 14.2 Å². The maximum absolute atomic E-state index is 13.2. The molecule has 1 saturated heterocycles. The molecule has 0 radical (unpaired) electrons. The lowest BCUT2D eigenvalue weighted by atomic mass is 9.80. The summed E-state index contributed by atoms with van der Waals surface area (Å²) in [5.74, 6) is 6.76. The molecule has 1 amide bonds. The maximum atomic E-state index is 13.2. The number of hydrogen-bond acceptors (Lipinski definition) is 4. The Hall–Kier alpha value is -4.37. The van der Waals surface area contributed by atoms with E-state index in [9.17, 15) is 4.79 Å². The lowest BCUT2D eigenvalue weighted by molar-refractivity contribution is -0.0534. The molecule has 0 saturated carbocycles. The number of rotatable bonds is 9. The van der Waals surface area contributed by atoms with Crippen molar-refractivity contribution in [3.8, 4) is 11.8 Å². The molecular weight excluding hydrogens is 546 g/mol. The van der Waals surface area contributed by atoms with Crippen LogP contribution in [0, 0.1) is 11.8 Å². The molecule has 5 nitrogen and oxygen atoms in total. The molecule has 5 rings (SSSR count). The van der Waals surface area contributed by atoms with Crippen molar-refractivity contribution < 1.29 is 19.0 Å². The van der Waals surface area contributed by atoms with Gasteiger partial charge in [0.1, 0.15) is 17.4 Å². The third-order valence-corrected chi connectivity index (χ3v) is 7.95. The molecule has 4 aromatic rings. The highest BCUT2D eigenvalue weighted by atomic mass is 16.6. The van der Waals surface area contributed by atoms with Gasteiger partial charge in [0.2, 0.25) is 0 Å². The molecule has 0 aromatic heterocycles. The minimum Gasteiger partial charge on any atom is -0.449 e. The number of hydrogen-bond donors (Lipinski definition) is 0. The quantitative estimate of drug-likeness (QED) is 0.113. The van der Waals surface area contributed by atoms with Crippen molar-refractivity contribution >= 4 is 6.09 Å². The van der Waals surface area contributed by atoms with Crippen LogP contribution in [0.25, 0.3) is 0 Å². The molecule has 4 aromatic carbocycles. The fourth-order valence-electron chi connectivity index (χ4n) is 5.95.